The van der Waals surface area contributed by atoms with Crippen LogP contribution >= 0.6 is 0 Å². The Morgan fingerprint density at radius 1 is 0.564 bits per heavy atom. The zero-order valence-corrected chi connectivity index (χ0v) is 46.8. The van der Waals surface area contributed by atoms with Crippen LogP contribution in [0.1, 0.15) is 56.4 Å². The Morgan fingerprint density at radius 2 is 1.04 bits per heavy atom. The quantitative estimate of drug-likeness (QED) is 0.00949. The van der Waals surface area contributed by atoms with Gasteiger partial charge in [0.05, 0.1) is 0 Å². The SMILES string of the molecule is CC(=O)N[C@@H](CCCNC(=N)N)C(=O)N[C@@H](C[SeH])C(=O)N[C@H](C)C(=O)N[C@@H](Cc1c[nH]cn1)C(=O)N[C@H](Cc1ccccc1)C(=O)N[C@@H](CCCNC(=N)N)C(=O)N[C@@H](Cc1c[nH]c2ccccc12)C(=O)N[C@@H](C[SeH])C(N)=O. The predicted octanol–water partition coefficient (Wildman–Crippen LogP) is -4.51. The van der Waals surface area contributed by atoms with Crippen molar-refractivity contribution in [3.05, 3.63) is 90.1 Å². The van der Waals surface area contributed by atoms with Gasteiger partial charge in [0.1, 0.15) is 0 Å². The summed E-state index contributed by atoms with van der Waals surface area (Å²) in [5, 5.41) is 42.3. The molecule has 0 saturated carbocycles. The third kappa shape index (κ3) is 20.8. The molecule has 9 amide bonds. The number of aromatic amines is 2. The standard InChI is InChI=1S/C49H70N18O9Se2/c1-26(60-47(76)39(24-78)67-42(71)33(61-27(2)68)14-8-16-56-48(51)52)41(70)63-37(20-30-22-55-25-59-30)46(75)64-35(18-28-10-4-3-5-11-28)44(73)62-34(15-9-17-57-49(53)54)43(72)65-36(45(74)66-38(23-77)40(50)69)19-29-21-58-32-13-7-6-12-31(29)32/h3-7,10-13,21-22,25-26,33-39,58,77-78H,8-9,14-20,23-24H2,1-2H3,(H2,50,69)(H,55,59)(H,60,76)(H,61,68)(H,62,73)(H,63,70)(H,64,75)(H,65,72)(H,66,74)(H,67,71)(H4,51,52,56)(H4,53,54,57)/t26-,33+,34+,35-,36+,37+,38+,39+/m1/s1. The van der Waals surface area contributed by atoms with Crippen LogP contribution in [0, 0.1) is 10.8 Å². The molecule has 27 nitrogen and oxygen atoms in total. The Bertz CT molecular complexity index is 2710. The second-order valence-corrected chi connectivity index (χ2v) is 19.6. The van der Waals surface area contributed by atoms with Crippen LogP contribution in [0.15, 0.2) is 73.3 Å². The van der Waals surface area contributed by atoms with Gasteiger partial charge in [-0.3, -0.25) is 5.41 Å². The molecule has 0 aliphatic carbocycles. The molecular weight excluding hydrogens is 1140 g/mol. The first-order valence-corrected chi connectivity index (χ1v) is 27.5. The van der Waals surface area contributed by atoms with Crippen LogP contribution in [0.3, 0.4) is 0 Å². The number of fused-ring (bicyclic) bond motifs is 1. The van der Waals surface area contributed by atoms with Gasteiger partial charge in [0, 0.05) is 0 Å². The average Bonchev–Trinajstić information content (AvgIpc) is 4.10. The molecule has 20 N–H and O–H groups in total. The first kappa shape index (κ1) is 62.5. The Balaban J connectivity index is 1.58. The summed E-state index contributed by atoms with van der Waals surface area (Å²) in [6.45, 7) is 2.96. The van der Waals surface area contributed by atoms with Crippen LogP contribution < -0.4 is 70.4 Å². The molecule has 29 heteroatoms. The number of nitrogens with zero attached hydrogens (tertiary/aromatic N) is 1. The van der Waals surface area contributed by atoms with Gasteiger partial charge < -0.3 is 5.73 Å². The number of imidazole rings is 1. The summed E-state index contributed by atoms with van der Waals surface area (Å²) in [6.07, 6.45) is 4.82. The van der Waals surface area contributed by atoms with E-state index in [1.165, 1.54) is 26.4 Å². The number of para-hydroxylation sites is 1. The first-order chi connectivity index (χ1) is 37.2. The van der Waals surface area contributed by atoms with Crippen molar-refractivity contribution in [1.29, 1.82) is 10.8 Å². The first-order valence-electron chi connectivity index (χ1n) is 24.8. The van der Waals surface area contributed by atoms with Gasteiger partial charge in [-0.2, -0.15) is 0 Å². The molecule has 78 heavy (non-hydrogen) atoms. The fourth-order valence-corrected chi connectivity index (χ4v) is 9.00. The Kier molecular flexibility index (Phi) is 25.6. The summed E-state index contributed by atoms with van der Waals surface area (Å²) >= 11 is 4.33. The molecule has 2 aromatic heterocycles. The summed E-state index contributed by atoms with van der Waals surface area (Å²) in [5.74, 6) is -7.33. The zero-order valence-electron chi connectivity index (χ0n) is 43.1. The molecule has 0 bridgehead atoms. The molecule has 4 aromatic rings. The van der Waals surface area contributed by atoms with Gasteiger partial charge in [0.2, 0.25) is 0 Å². The van der Waals surface area contributed by atoms with E-state index >= 15 is 0 Å². The van der Waals surface area contributed by atoms with Crippen LogP contribution in [-0.2, 0) is 62.4 Å². The van der Waals surface area contributed by atoms with E-state index in [1.54, 1.807) is 36.5 Å². The number of nitrogens with one attached hydrogen (secondary N) is 14. The molecule has 0 aliphatic rings. The monoisotopic (exact) mass is 1210 g/mol. The number of nitrogens with two attached hydrogens (primary N) is 3. The molecular formula is C49H70N18O9Se2. The van der Waals surface area contributed by atoms with E-state index in [0.717, 1.165) is 10.9 Å². The number of guanidine groups is 2. The fourth-order valence-electron chi connectivity index (χ4n) is 7.89. The van der Waals surface area contributed by atoms with Crippen LogP contribution in [0.5, 0.6) is 0 Å². The van der Waals surface area contributed by atoms with Gasteiger partial charge in [-0.05, 0) is 5.56 Å². The van der Waals surface area contributed by atoms with E-state index in [2.05, 4.69) is 100 Å². The van der Waals surface area contributed by atoms with Crippen LogP contribution in [0.2, 0.25) is 10.6 Å². The van der Waals surface area contributed by atoms with Crippen molar-refractivity contribution in [3.63, 3.8) is 0 Å². The Hall–Kier alpha value is -8.00. The summed E-state index contributed by atoms with van der Waals surface area (Å²) in [7, 11) is 0. The molecule has 0 fully saturated rings. The average molecular weight is 1210 g/mol. The molecule has 2 aromatic carbocycles. The van der Waals surface area contributed by atoms with Crippen molar-refractivity contribution in [2.75, 3.05) is 13.1 Å². The van der Waals surface area contributed by atoms with Crippen molar-refractivity contribution < 1.29 is 43.2 Å². The predicted molar refractivity (Wildman–Crippen MR) is 293 cm³/mol. The van der Waals surface area contributed by atoms with Gasteiger partial charge in [-0.15, -0.1) is 0 Å². The molecule has 422 valence electrons. The minimum absolute atomic E-state index is 0.0290. The second-order valence-electron chi connectivity index (χ2n) is 18.1. The van der Waals surface area contributed by atoms with E-state index in [4.69, 9.17) is 28.0 Å². The summed E-state index contributed by atoms with van der Waals surface area (Å²) < 4.78 is 0. The van der Waals surface area contributed by atoms with E-state index in [-0.39, 0.29) is 74.2 Å². The number of aromatic nitrogens is 3. The van der Waals surface area contributed by atoms with Crippen molar-refractivity contribution in [1.82, 2.24) is 68.1 Å². The van der Waals surface area contributed by atoms with Crippen LogP contribution in [0.25, 0.3) is 10.9 Å². The van der Waals surface area contributed by atoms with Crippen LogP contribution in [0.4, 0.5) is 0 Å². The molecule has 0 aliphatic heterocycles. The number of hydrogen-bond donors (Lipinski definition) is 17. The van der Waals surface area contributed by atoms with E-state index in [1.807, 2.05) is 24.3 Å². The molecule has 4 rings (SSSR count). The number of rotatable bonds is 32. The Labute approximate surface area is 466 Å². The van der Waals surface area contributed by atoms with E-state index in [0.29, 0.717) is 23.2 Å². The van der Waals surface area contributed by atoms with Gasteiger partial charge in [0.25, 0.3) is 0 Å². The maximum absolute atomic E-state index is 14.6. The fraction of sp³-hybridized carbons (Fsp3) is 0.429. The van der Waals surface area contributed by atoms with Gasteiger partial charge in [-0.25, -0.2) is 0 Å². The van der Waals surface area contributed by atoms with Crippen LogP contribution in [-0.4, -0.2) is 173 Å². The number of hydrogen-bond acceptors (Lipinski definition) is 12. The van der Waals surface area contributed by atoms with E-state index in [9.17, 15) is 43.2 Å². The number of carbonyl (C=O) groups excluding carboxylic acids is 9. The number of benzene rings is 2. The third-order valence-electron chi connectivity index (χ3n) is 12.0. The summed E-state index contributed by atoms with van der Waals surface area (Å²) in [6, 6.07) is 5.93. The Morgan fingerprint density at radius 3 is 1.58 bits per heavy atom. The van der Waals surface area contributed by atoms with Crippen molar-refractivity contribution in [3.8, 4) is 0 Å². The van der Waals surface area contributed by atoms with Crippen molar-refractivity contribution >= 4 is 108 Å². The third-order valence-corrected chi connectivity index (χ3v) is 13.5. The maximum atomic E-state index is 14.6. The molecule has 8 atom stereocenters. The normalized spacial score (nSPS) is 14.0. The molecule has 0 radical (unpaired) electrons. The molecule has 0 unspecified atom stereocenters. The molecule has 2 heterocycles. The summed E-state index contributed by atoms with van der Waals surface area (Å²) in [5.41, 5.74) is 18.8. The topological polar surface area (TPSA) is 444 Å². The number of primary amides is 1. The van der Waals surface area contributed by atoms with Gasteiger partial charge >= 0.3 is 415 Å². The minimum atomic E-state index is -1.41. The van der Waals surface area contributed by atoms with Crippen molar-refractivity contribution in [2.45, 2.75) is 118 Å². The molecule has 0 saturated heterocycles. The number of amides is 9. The number of carbonyl (C=O) groups is 9. The number of H-pyrrole nitrogens is 2. The van der Waals surface area contributed by atoms with Gasteiger partial charge in [-0.1, -0.05) is 30.3 Å². The zero-order chi connectivity index (χ0) is 57.3. The van der Waals surface area contributed by atoms with Crippen molar-refractivity contribution in [2.24, 2.45) is 17.2 Å². The molecule has 0 spiro atoms. The summed E-state index contributed by atoms with van der Waals surface area (Å²) in [4.78, 5) is 133. The second kappa shape index (κ2) is 31.9. The van der Waals surface area contributed by atoms with Gasteiger partial charge in [0.15, 0.2) is 5.96 Å². The van der Waals surface area contributed by atoms with E-state index < -0.39 is 101 Å².